The second kappa shape index (κ2) is 8.96. The molecule has 1 aliphatic rings. The highest BCUT2D eigenvalue weighted by atomic mass is 16.2. The molecule has 2 amide bonds. The van der Waals surface area contributed by atoms with Crippen molar-refractivity contribution in [1.29, 1.82) is 0 Å². The van der Waals surface area contributed by atoms with Gasteiger partial charge in [0.05, 0.1) is 23.5 Å². The van der Waals surface area contributed by atoms with Gasteiger partial charge in [-0.1, -0.05) is 61.5 Å². The van der Waals surface area contributed by atoms with Crippen LogP contribution in [0.15, 0.2) is 77.8 Å². The molecule has 4 rings (SSSR count). The summed E-state index contributed by atoms with van der Waals surface area (Å²) in [5, 5.41) is 2.91. The number of nitrogens with zero attached hydrogens (tertiary/aromatic N) is 2. The number of aryl methyl sites for hydroxylation is 2. The van der Waals surface area contributed by atoms with Crippen LogP contribution in [0.1, 0.15) is 30.0 Å². The Bertz CT molecular complexity index is 1150. The zero-order chi connectivity index (χ0) is 21.8. The first-order chi connectivity index (χ1) is 15.0. The second-order valence-corrected chi connectivity index (χ2v) is 7.62. The van der Waals surface area contributed by atoms with Gasteiger partial charge in [0.1, 0.15) is 6.54 Å². The van der Waals surface area contributed by atoms with Crippen LogP contribution < -0.4 is 10.2 Å². The number of hydrogen-bond acceptors (Lipinski definition) is 3. The Morgan fingerprint density at radius 3 is 2.45 bits per heavy atom. The third kappa shape index (κ3) is 4.56. The molecule has 0 fully saturated rings. The van der Waals surface area contributed by atoms with Gasteiger partial charge in [-0.2, -0.15) is 0 Å². The van der Waals surface area contributed by atoms with E-state index in [1.807, 2.05) is 67.6 Å². The number of benzene rings is 3. The van der Waals surface area contributed by atoms with E-state index in [9.17, 15) is 9.59 Å². The molecule has 5 heteroatoms. The topological polar surface area (TPSA) is 61.8 Å². The van der Waals surface area contributed by atoms with Gasteiger partial charge in [0.25, 0.3) is 0 Å². The zero-order valence-electron chi connectivity index (χ0n) is 17.8. The van der Waals surface area contributed by atoms with Crippen LogP contribution in [-0.2, 0) is 16.0 Å². The van der Waals surface area contributed by atoms with Crippen LogP contribution in [0.4, 0.5) is 17.1 Å². The fourth-order valence-electron chi connectivity index (χ4n) is 3.66. The first-order valence-electron chi connectivity index (χ1n) is 10.5. The third-order valence-corrected chi connectivity index (χ3v) is 5.46. The molecule has 0 aliphatic carbocycles. The Morgan fingerprint density at radius 1 is 1.00 bits per heavy atom. The average molecular weight is 412 g/mol. The summed E-state index contributed by atoms with van der Waals surface area (Å²) >= 11 is 0. The molecule has 156 valence electrons. The molecule has 0 radical (unpaired) electrons. The molecule has 1 aliphatic heterocycles. The maximum atomic E-state index is 13.2. The third-order valence-electron chi connectivity index (χ3n) is 5.46. The van der Waals surface area contributed by atoms with E-state index in [0.29, 0.717) is 17.1 Å². The van der Waals surface area contributed by atoms with Crippen LogP contribution in [0.25, 0.3) is 0 Å². The van der Waals surface area contributed by atoms with E-state index >= 15 is 0 Å². The van der Waals surface area contributed by atoms with E-state index in [1.165, 1.54) is 10.5 Å². The summed E-state index contributed by atoms with van der Waals surface area (Å²) < 4.78 is 0. The number of rotatable bonds is 5. The summed E-state index contributed by atoms with van der Waals surface area (Å²) in [6.07, 6.45) is 1.09. The van der Waals surface area contributed by atoms with Crippen LogP contribution in [0, 0.1) is 6.92 Å². The van der Waals surface area contributed by atoms with E-state index in [4.69, 9.17) is 4.99 Å². The van der Waals surface area contributed by atoms with Crippen LogP contribution in [0.5, 0.6) is 0 Å². The van der Waals surface area contributed by atoms with Gasteiger partial charge >= 0.3 is 0 Å². The number of para-hydroxylation sites is 3. The van der Waals surface area contributed by atoms with Crippen LogP contribution in [-0.4, -0.2) is 24.1 Å². The number of carbonyl (C=O) groups excluding carboxylic acids is 2. The van der Waals surface area contributed by atoms with Gasteiger partial charge in [0.15, 0.2) is 0 Å². The molecule has 0 saturated carbocycles. The number of aliphatic imine (C=N–C) groups is 1. The molecule has 0 aromatic heterocycles. The lowest BCUT2D eigenvalue weighted by atomic mass is 10.0. The predicted molar refractivity (Wildman–Crippen MR) is 125 cm³/mol. The van der Waals surface area contributed by atoms with Gasteiger partial charge in [-0.05, 0) is 48.2 Å². The van der Waals surface area contributed by atoms with Gasteiger partial charge in [-0.25, -0.2) is 0 Å². The molecule has 31 heavy (non-hydrogen) atoms. The Balaban J connectivity index is 1.61. The summed E-state index contributed by atoms with van der Waals surface area (Å²) in [7, 11) is 0. The highest BCUT2D eigenvalue weighted by Crippen LogP contribution is 2.33. The second-order valence-electron chi connectivity index (χ2n) is 7.62. The first-order valence-corrected chi connectivity index (χ1v) is 10.5. The molecule has 5 nitrogen and oxygen atoms in total. The van der Waals surface area contributed by atoms with E-state index in [0.717, 1.165) is 23.2 Å². The zero-order valence-corrected chi connectivity index (χ0v) is 17.8. The summed E-state index contributed by atoms with van der Waals surface area (Å²) in [6, 6.07) is 23.2. The Morgan fingerprint density at radius 2 is 1.71 bits per heavy atom. The fraction of sp³-hybridized carbons (Fsp3) is 0.192. The van der Waals surface area contributed by atoms with Crippen molar-refractivity contribution in [2.45, 2.75) is 26.7 Å². The van der Waals surface area contributed by atoms with Crippen molar-refractivity contribution in [3.63, 3.8) is 0 Å². The van der Waals surface area contributed by atoms with Gasteiger partial charge < -0.3 is 10.2 Å². The number of anilines is 2. The molecular formula is C26H25N3O2. The predicted octanol–water partition coefficient (Wildman–Crippen LogP) is 5.05. The van der Waals surface area contributed by atoms with Gasteiger partial charge in [0, 0.05) is 5.69 Å². The quantitative estimate of drug-likeness (QED) is 0.638. The normalized spacial score (nSPS) is 13.3. The van der Waals surface area contributed by atoms with Crippen LogP contribution in [0.2, 0.25) is 0 Å². The molecule has 0 atom stereocenters. The van der Waals surface area contributed by atoms with Crippen molar-refractivity contribution >= 4 is 34.6 Å². The van der Waals surface area contributed by atoms with Gasteiger partial charge in [-0.3, -0.25) is 14.6 Å². The fourth-order valence-corrected chi connectivity index (χ4v) is 3.66. The van der Waals surface area contributed by atoms with E-state index in [2.05, 4.69) is 24.4 Å². The Labute approximate surface area is 182 Å². The maximum Gasteiger partial charge on any atom is 0.244 e. The first kappa shape index (κ1) is 20.5. The Hall–Kier alpha value is -3.73. The number of carbonyl (C=O) groups is 2. The average Bonchev–Trinajstić information content (AvgIpc) is 2.92. The van der Waals surface area contributed by atoms with Gasteiger partial charge in [0.2, 0.25) is 11.8 Å². The molecular weight excluding hydrogens is 386 g/mol. The van der Waals surface area contributed by atoms with E-state index < -0.39 is 0 Å². The molecule has 1 heterocycles. The minimum absolute atomic E-state index is 0.0677. The lowest BCUT2D eigenvalue weighted by Crippen LogP contribution is -2.38. The highest BCUT2D eigenvalue weighted by molar-refractivity contribution is 6.19. The van der Waals surface area contributed by atoms with Crippen molar-refractivity contribution in [1.82, 2.24) is 0 Å². The van der Waals surface area contributed by atoms with Crippen molar-refractivity contribution in [3.8, 4) is 0 Å². The van der Waals surface area contributed by atoms with Crippen molar-refractivity contribution in [2.75, 3.05) is 16.8 Å². The smallest absolute Gasteiger partial charge is 0.244 e. The van der Waals surface area contributed by atoms with Crippen LogP contribution >= 0.6 is 0 Å². The highest BCUT2D eigenvalue weighted by Gasteiger charge is 2.26. The molecule has 0 spiro atoms. The molecule has 0 bridgehead atoms. The largest absolute Gasteiger partial charge is 0.324 e. The maximum absolute atomic E-state index is 13.2. The monoisotopic (exact) mass is 411 g/mol. The summed E-state index contributed by atoms with van der Waals surface area (Å²) in [6.45, 7) is 3.98. The van der Waals surface area contributed by atoms with Crippen molar-refractivity contribution < 1.29 is 9.59 Å². The number of hydrogen-bond donors (Lipinski definition) is 1. The SMILES string of the molecule is CCc1ccc(C2=Nc3ccccc3N(CC(=O)Nc3ccccc3C)C(=O)C2)cc1. The number of amides is 2. The van der Waals surface area contributed by atoms with E-state index in [1.54, 1.807) is 0 Å². The van der Waals surface area contributed by atoms with Gasteiger partial charge in [-0.15, -0.1) is 0 Å². The molecule has 3 aromatic rings. The minimum atomic E-state index is -0.242. The summed E-state index contributed by atoms with van der Waals surface area (Å²) in [4.78, 5) is 32.3. The molecule has 0 unspecified atom stereocenters. The lowest BCUT2D eigenvalue weighted by molar-refractivity contribution is -0.120. The number of nitrogens with one attached hydrogen (secondary N) is 1. The Kier molecular flexibility index (Phi) is 5.94. The summed E-state index contributed by atoms with van der Waals surface area (Å²) in [5.74, 6) is -0.392. The molecule has 1 N–H and O–H groups in total. The van der Waals surface area contributed by atoms with Crippen LogP contribution in [0.3, 0.4) is 0 Å². The lowest BCUT2D eigenvalue weighted by Gasteiger charge is -2.22. The van der Waals surface area contributed by atoms with Crippen molar-refractivity contribution in [3.05, 3.63) is 89.5 Å². The van der Waals surface area contributed by atoms with Crippen molar-refractivity contribution in [2.24, 2.45) is 4.99 Å². The molecule has 3 aromatic carbocycles. The number of fused-ring (bicyclic) bond motifs is 1. The standard InChI is InChI=1S/C26H25N3O2/c1-3-19-12-14-20(15-13-19)23-16-26(31)29(24-11-7-6-10-22(24)27-23)17-25(30)28-21-9-5-4-8-18(21)2/h4-15H,3,16-17H2,1-2H3,(H,28,30). The molecule has 0 saturated heterocycles. The minimum Gasteiger partial charge on any atom is -0.324 e. The van der Waals surface area contributed by atoms with E-state index in [-0.39, 0.29) is 24.8 Å². The summed E-state index contributed by atoms with van der Waals surface area (Å²) in [5.41, 5.74) is 5.92.